The van der Waals surface area contributed by atoms with Gasteiger partial charge >= 0.3 is 0 Å². The fourth-order valence-electron chi connectivity index (χ4n) is 5.58. The average Bonchev–Trinajstić information content (AvgIpc) is 2.90. The van der Waals surface area contributed by atoms with Gasteiger partial charge in [0.2, 0.25) is 5.28 Å². The molecule has 0 spiro atoms. The second-order valence-electron chi connectivity index (χ2n) is 10.6. The van der Waals surface area contributed by atoms with Gasteiger partial charge < -0.3 is 15.5 Å². The number of nitrogens with two attached hydrogens (primary N) is 1. The first-order chi connectivity index (χ1) is 17.8. The summed E-state index contributed by atoms with van der Waals surface area (Å²) in [6.45, 7) is 6.96. The van der Waals surface area contributed by atoms with Crippen molar-refractivity contribution in [3.05, 3.63) is 108 Å². The van der Waals surface area contributed by atoms with Gasteiger partial charge in [0, 0.05) is 0 Å². The highest BCUT2D eigenvalue weighted by molar-refractivity contribution is 6.99. The Morgan fingerprint density at radius 1 is 0.865 bits per heavy atom. The molecule has 190 valence electrons. The van der Waals surface area contributed by atoms with Crippen molar-refractivity contribution in [3.8, 4) is 0 Å². The van der Waals surface area contributed by atoms with Crippen molar-refractivity contribution in [2.24, 2.45) is 0 Å². The van der Waals surface area contributed by atoms with Crippen molar-refractivity contribution in [2.75, 3.05) is 11.1 Å². The molecule has 1 aromatic heterocycles. The third-order valence-corrected chi connectivity index (χ3v) is 12.5. The van der Waals surface area contributed by atoms with Gasteiger partial charge in [0.05, 0.1) is 24.0 Å². The van der Waals surface area contributed by atoms with E-state index in [2.05, 4.69) is 121 Å². The van der Waals surface area contributed by atoms with Crippen LogP contribution < -0.4 is 21.4 Å². The van der Waals surface area contributed by atoms with Crippen molar-refractivity contribution in [2.45, 2.75) is 50.8 Å². The third-order valence-electron chi connectivity index (χ3n) is 7.27. The lowest BCUT2D eigenvalue weighted by Crippen LogP contribution is -2.67. The number of aromatic nitrogens is 2. The largest absolute Gasteiger partial charge is 0.400 e. The van der Waals surface area contributed by atoms with E-state index in [0.717, 1.165) is 12.8 Å². The number of hydrogen-bond acceptors (Lipinski definition) is 5. The number of nitrogen functional groups attached to an aromatic ring is 1. The monoisotopic (exact) mass is 528 g/mol. The molecular formula is C30H33ClN4OSi. The zero-order valence-electron chi connectivity index (χ0n) is 21.5. The van der Waals surface area contributed by atoms with Crippen molar-refractivity contribution in [1.82, 2.24) is 9.97 Å². The highest BCUT2D eigenvalue weighted by Gasteiger charge is 2.52. The van der Waals surface area contributed by atoms with Crippen LogP contribution in [0, 0.1) is 0 Å². The predicted molar refractivity (Wildman–Crippen MR) is 155 cm³/mol. The fraction of sp³-hybridized carbons (Fsp3) is 0.267. The van der Waals surface area contributed by atoms with Crippen LogP contribution in [0.1, 0.15) is 56.9 Å². The molecule has 0 fully saturated rings. The maximum absolute atomic E-state index is 7.52. The third kappa shape index (κ3) is 4.89. The molecule has 0 bridgehead atoms. The maximum Gasteiger partial charge on any atom is 0.261 e. The van der Waals surface area contributed by atoms with Gasteiger partial charge in [0.15, 0.2) is 5.82 Å². The van der Waals surface area contributed by atoms with E-state index in [-0.39, 0.29) is 22.5 Å². The minimum Gasteiger partial charge on any atom is -0.400 e. The molecule has 1 aliphatic rings. The number of nitrogens with zero attached hydrogens (tertiary/aromatic N) is 2. The fourth-order valence-corrected chi connectivity index (χ4v) is 10.4. The van der Waals surface area contributed by atoms with E-state index in [9.17, 15) is 0 Å². The summed E-state index contributed by atoms with van der Waals surface area (Å²) in [4.78, 5) is 8.31. The highest BCUT2D eigenvalue weighted by Crippen LogP contribution is 2.45. The van der Waals surface area contributed by atoms with Crippen LogP contribution in [0.5, 0.6) is 0 Å². The van der Waals surface area contributed by atoms with Crippen molar-refractivity contribution >= 4 is 41.8 Å². The van der Waals surface area contributed by atoms with Crippen molar-refractivity contribution in [3.63, 3.8) is 0 Å². The number of nitrogens with one attached hydrogen (secondary N) is 1. The van der Waals surface area contributed by atoms with Gasteiger partial charge in [-0.25, -0.2) is 4.98 Å². The molecule has 2 atom stereocenters. The first-order valence-electron chi connectivity index (χ1n) is 12.7. The lowest BCUT2D eigenvalue weighted by molar-refractivity contribution is 0.165. The molecule has 0 unspecified atom stereocenters. The minimum atomic E-state index is -2.70. The van der Waals surface area contributed by atoms with Crippen LogP contribution in [0.25, 0.3) is 0 Å². The Morgan fingerprint density at radius 2 is 1.43 bits per heavy atom. The molecule has 5 rings (SSSR count). The van der Waals surface area contributed by atoms with E-state index < -0.39 is 8.32 Å². The predicted octanol–water partition coefficient (Wildman–Crippen LogP) is 6.28. The van der Waals surface area contributed by atoms with Gasteiger partial charge in [-0.05, 0) is 51.0 Å². The van der Waals surface area contributed by atoms with Crippen LogP contribution in [0.4, 0.5) is 11.5 Å². The first-order valence-corrected chi connectivity index (χ1v) is 15.0. The Balaban J connectivity index is 1.57. The first kappa shape index (κ1) is 25.5. The van der Waals surface area contributed by atoms with E-state index in [1.807, 2.05) is 0 Å². The van der Waals surface area contributed by atoms with E-state index in [1.165, 1.54) is 21.5 Å². The topological polar surface area (TPSA) is 73.1 Å². The smallest absolute Gasteiger partial charge is 0.261 e. The molecule has 0 saturated carbocycles. The second kappa shape index (κ2) is 10.3. The molecule has 37 heavy (non-hydrogen) atoms. The number of anilines is 2. The Morgan fingerprint density at radius 3 is 2.03 bits per heavy atom. The molecule has 0 amide bonds. The molecule has 5 nitrogen and oxygen atoms in total. The Labute approximate surface area is 225 Å². The molecule has 4 aromatic rings. The van der Waals surface area contributed by atoms with Gasteiger partial charge in [-0.2, -0.15) is 4.98 Å². The Bertz CT molecular complexity index is 1320. The minimum absolute atomic E-state index is 0.0353. The SMILES string of the molecule is CC(C)(C)[Si](O[C@@H]1CC[C@@H](Nc2nc(Cl)ncc2N)c2ccccc21)(c1ccccc1)c1ccccc1. The molecule has 1 heterocycles. The molecule has 0 radical (unpaired) electrons. The zero-order valence-corrected chi connectivity index (χ0v) is 23.2. The summed E-state index contributed by atoms with van der Waals surface area (Å²) in [5, 5.41) is 6.18. The number of rotatable bonds is 6. The molecule has 0 aliphatic heterocycles. The standard InChI is InChI=1S/C30H33ClN4OSi/c1-30(2,3)37(21-12-6-4-7-13-21,22-14-8-5-9-15-22)36-27-19-18-26(23-16-10-11-17-24(23)27)34-28-25(32)20-33-29(31)35-28/h4-17,20,26-27H,18-19,32H2,1-3H3,(H,33,34,35)/t26-,27-/m1/s1. The Hall–Kier alpha value is -3.19. The van der Waals surface area contributed by atoms with E-state index in [1.54, 1.807) is 6.20 Å². The summed E-state index contributed by atoms with van der Waals surface area (Å²) in [6, 6.07) is 30.2. The number of fused-ring (bicyclic) bond motifs is 1. The normalized spacial score (nSPS) is 17.7. The number of halogens is 1. The molecule has 7 heteroatoms. The van der Waals surface area contributed by atoms with E-state index in [0.29, 0.717) is 11.5 Å². The summed E-state index contributed by atoms with van der Waals surface area (Å²) in [5.74, 6) is 0.561. The summed E-state index contributed by atoms with van der Waals surface area (Å²) >= 11 is 6.06. The van der Waals surface area contributed by atoms with Crippen LogP contribution in [-0.2, 0) is 4.43 Å². The average molecular weight is 529 g/mol. The van der Waals surface area contributed by atoms with Gasteiger partial charge in [0.1, 0.15) is 0 Å². The van der Waals surface area contributed by atoms with Crippen LogP contribution in [0.2, 0.25) is 10.3 Å². The highest BCUT2D eigenvalue weighted by atomic mass is 35.5. The van der Waals surface area contributed by atoms with E-state index in [4.69, 9.17) is 21.8 Å². The van der Waals surface area contributed by atoms with Gasteiger partial charge in [-0.3, -0.25) is 0 Å². The molecule has 1 aliphatic carbocycles. The van der Waals surface area contributed by atoms with Gasteiger partial charge in [-0.15, -0.1) is 0 Å². The van der Waals surface area contributed by atoms with Crippen LogP contribution in [0.3, 0.4) is 0 Å². The van der Waals surface area contributed by atoms with Crippen LogP contribution in [-0.4, -0.2) is 18.3 Å². The summed E-state index contributed by atoms with van der Waals surface area (Å²) in [7, 11) is -2.70. The summed E-state index contributed by atoms with van der Waals surface area (Å²) < 4.78 is 7.52. The van der Waals surface area contributed by atoms with E-state index >= 15 is 0 Å². The lowest BCUT2D eigenvalue weighted by atomic mass is 9.86. The quantitative estimate of drug-likeness (QED) is 0.228. The number of hydrogen-bond donors (Lipinski definition) is 2. The molecule has 0 saturated heterocycles. The maximum atomic E-state index is 7.52. The van der Waals surface area contributed by atoms with Crippen LogP contribution in [0.15, 0.2) is 91.1 Å². The molecule has 3 N–H and O–H groups in total. The van der Waals surface area contributed by atoms with Crippen molar-refractivity contribution < 1.29 is 4.43 Å². The van der Waals surface area contributed by atoms with Crippen LogP contribution >= 0.6 is 11.6 Å². The second-order valence-corrected chi connectivity index (χ2v) is 15.2. The lowest BCUT2D eigenvalue weighted by Gasteiger charge is -2.46. The summed E-state index contributed by atoms with van der Waals surface area (Å²) in [5.41, 5.74) is 9.03. The van der Waals surface area contributed by atoms with Crippen molar-refractivity contribution in [1.29, 1.82) is 0 Å². The summed E-state index contributed by atoms with van der Waals surface area (Å²) in [6.07, 6.45) is 3.26. The van der Waals surface area contributed by atoms with Gasteiger partial charge in [0.25, 0.3) is 8.32 Å². The Kier molecular flexibility index (Phi) is 7.08. The zero-order chi connectivity index (χ0) is 26.0. The van der Waals surface area contributed by atoms with Gasteiger partial charge in [-0.1, -0.05) is 106 Å². The molecule has 3 aromatic carbocycles. The molecular weight excluding hydrogens is 496 g/mol. The number of benzene rings is 3.